The van der Waals surface area contributed by atoms with Crippen LogP contribution in [0.25, 0.3) is 0 Å². The molecule has 0 aliphatic heterocycles. The third-order valence-corrected chi connectivity index (χ3v) is 26.3. The molecule has 0 saturated carbocycles. The molecule has 0 N–H and O–H groups in total. The van der Waals surface area contributed by atoms with Crippen molar-refractivity contribution in [3.63, 3.8) is 0 Å². The van der Waals surface area contributed by atoms with Crippen molar-refractivity contribution in [2.45, 2.75) is 151 Å². The van der Waals surface area contributed by atoms with Gasteiger partial charge in [0.05, 0.1) is 0 Å². The Morgan fingerprint density at radius 2 is 1.34 bits per heavy atom. The molecule has 190 valence electrons. The first-order chi connectivity index (χ1) is 14.9. The van der Waals surface area contributed by atoms with Crippen molar-refractivity contribution in [2.75, 3.05) is 0 Å². The zero-order valence-corrected chi connectivity index (χ0v) is 27.9. The van der Waals surface area contributed by atoms with Crippen LogP contribution in [0, 0.1) is 5.92 Å². The summed E-state index contributed by atoms with van der Waals surface area (Å²) in [5.74, 6) is 0.457. The minimum atomic E-state index is -2.26. The van der Waals surface area contributed by atoms with Crippen LogP contribution in [0.4, 0.5) is 0 Å². The monoisotopic (exact) mass is 572 g/mol. The van der Waals surface area contributed by atoms with E-state index < -0.39 is 26.7 Å². The molecule has 0 aromatic rings. The SMILES string of the molecule is CCC/C=C(\C)[C@H](O[Si](C)(C)C(C)(C)C)[C@H](C)/C=[CH]/[Sn]([CH2]CCC)([CH2]CCC)[CH2]CCC. The van der Waals surface area contributed by atoms with Crippen molar-refractivity contribution in [1.29, 1.82) is 0 Å². The van der Waals surface area contributed by atoms with Gasteiger partial charge in [-0.1, -0.05) is 0 Å². The summed E-state index contributed by atoms with van der Waals surface area (Å²) < 4.78 is 14.6. The van der Waals surface area contributed by atoms with Gasteiger partial charge in [0.1, 0.15) is 0 Å². The molecular formula is C29H60OSiSn. The van der Waals surface area contributed by atoms with Gasteiger partial charge in [0.25, 0.3) is 0 Å². The molecule has 0 fully saturated rings. The fourth-order valence-corrected chi connectivity index (χ4v) is 20.3. The van der Waals surface area contributed by atoms with Gasteiger partial charge in [-0.05, 0) is 0 Å². The molecule has 2 atom stereocenters. The van der Waals surface area contributed by atoms with E-state index in [1.807, 2.05) is 0 Å². The number of hydrogen-bond donors (Lipinski definition) is 0. The second-order valence-corrected chi connectivity index (χ2v) is 29.7. The average Bonchev–Trinajstić information content (AvgIpc) is 2.73. The molecule has 0 heterocycles. The van der Waals surface area contributed by atoms with Gasteiger partial charge in [0.2, 0.25) is 0 Å². The molecule has 3 heteroatoms. The van der Waals surface area contributed by atoms with Crippen LogP contribution < -0.4 is 0 Å². The molecule has 0 saturated heterocycles. The molecule has 32 heavy (non-hydrogen) atoms. The van der Waals surface area contributed by atoms with E-state index in [9.17, 15) is 0 Å². The van der Waals surface area contributed by atoms with Crippen LogP contribution in [0.1, 0.15) is 114 Å². The summed E-state index contributed by atoms with van der Waals surface area (Å²) in [6.07, 6.45) is 16.0. The number of allylic oxidation sites excluding steroid dienone is 1. The van der Waals surface area contributed by atoms with Gasteiger partial charge in [0.15, 0.2) is 0 Å². The Morgan fingerprint density at radius 1 is 0.875 bits per heavy atom. The normalized spacial score (nSPS) is 16.0. The van der Waals surface area contributed by atoms with Gasteiger partial charge in [-0.3, -0.25) is 0 Å². The van der Waals surface area contributed by atoms with Gasteiger partial charge in [-0.15, -0.1) is 0 Å². The van der Waals surface area contributed by atoms with E-state index in [1.54, 1.807) is 13.3 Å². The van der Waals surface area contributed by atoms with Gasteiger partial charge in [-0.25, -0.2) is 0 Å². The fraction of sp³-hybridized carbons (Fsp3) is 0.862. The van der Waals surface area contributed by atoms with E-state index in [0.717, 1.165) is 6.42 Å². The van der Waals surface area contributed by atoms with Crippen LogP contribution in [-0.4, -0.2) is 32.8 Å². The summed E-state index contributed by atoms with van der Waals surface area (Å²) in [6.45, 7) is 26.0. The van der Waals surface area contributed by atoms with Crippen molar-refractivity contribution in [3.05, 3.63) is 21.8 Å². The third kappa shape index (κ3) is 11.7. The molecule has 0 aliphatic rings. The first kappa shape index (κ1) is 32.5. The molecule has 0 bridgehead atoms. The van der Waals surface area contributed by atoms with Gasteiger partial charge >= 0.3 is 210 Å². The zero-order valence-electron chi connectivity index (χ0n) is 24.1. The van der Waals surface area contributed by atoms with Crippen LogP contribution in [-0.2, 0) is 4.43 Å². The first-order valence-corrected chi connectivity index (χ1v) is 24.5. The first-order valence-electron chi connectivity index (χ1n) is 13.9. The van der Waals surface area contributed by atoms with Crippen LogP contribution in [0.3, 0.4) is 0 Å². The van der Waals surface area contributed by atoms with E-state index in [-0.39, 0.29) is 11.1 Å². The quantitative estimate of drug-likeness (QED) is 0.125. The number of rotatable bonds is 17. The standard InChI is InChI=1S/C17H33OSi.3C4H9.Sn/c1-10-12-13-15(4)16(14(3)11-2)18-19(8,9)17(5,6)7;3*1-3-4-2;/h2,11,13-14,16H,10,12H2,1,3-9H3;3*1,3-4H2,2H3;/b11-2?,15-13+;;;;/t14-,16-;;;;/m1..../s1. The average molecular weight is 572 g/mol. The van der Waals surface area contributed by atoms with Gasteiger partial charge < -0.3 is 0 Å². The number of hydrogen-bond acceptors (Lipinski definition) is 1. The van der Waals surface area contributed by atoms with Crippen LogP contribution in [0.15, 0.2) is 21.8 Å². The Hall–Kier alpha value is 0.456. The zero-order chi connectivity index (χ0) is 24.8. The molecule has 1 nitrogen and oxygen atoms in total. The third-order valence-electron chi connectivity index (χ3n) is 7.75. The van der Waals surface area contributed by atoms with Crippen molar-refractivity contribution < 1.29 is 4.43 Å². The van der Waals surface area contributed by atoms with E-state index in [1.165, 1.54) is 50.5 Å². The number of unbranched alkanes of at least 4 members (excludes halogenated alkanes) is 4. The van der Waals surface area contributed by atoms with E-state index >= 15 is 0 Å². The molecule has 0 aromatic carbocycles. The van der Waals surface area contributed by atoms with Crippen LogP contribution in [0.5, 0.6) is 0 Å². The van der Waals surface area contributed by atoms with E-state index in [4.69, 9.17) is 4.43 Å². The summed E-state index contributed by atoms with van der Waals surface area (Å²) >= 11 is -2.26. The van der Waals surface area contributed by atoms with Crippen LogP contribution in [0.2, 0.25) is 31.4 Å². The minimum absolute atomic E-state index is 0.228. The van der Waals surface area contributed by atoms with Gasteiger partial charge in [0, 0.05) is 0 Å². The molecule has 0 radical (unpaired) electrons. The topological polar surface area (TPSA) is 9.23 Å². The summed E-state index contributed by atoms with van der Waals surface area (Å²) in [5, 5.41) is 0.242. The Morgan fingerprint density at radius 3 is 1.72 bits per heavy atom. The summed E-state index contributed by atoms with van der Waals surface area (Å²) in [4.78, 5) is 0. The Labute approximate surface area is 209 Å². The van der Waals surface area contributed by atoms with Crippen molar-refractivity contribution in [3.8, 4) is 0 Å². The summed E-state index contributed by atoms with van der Waals surface area (Å²) in [7, 11) is -1.83. The van der Waals surface area contributed by atoms with Crippen molar-refractivity contribution in [1.82, 2.24) is 0 Å². The summed E-state index contributed by atoms with van der Waals surface area (Å²) in [5.41, 5.74) is 1.45. The van der Waals surface area contributed by atoms with E-state index in [2.05, 4.69) is 91.7 Å². The molecule has 0 spiro atoms. The second-order valence-electron chi connectivity index (χ2n) is 11.9. The second kappa shape index (κ2) is 16.2. The predicted molar refractivity (Wildman–Crippen MR) is 154 cm³/mol. The van der Waals surface area contributed by atoms with Gasteiger partial charge in [-0.2, -0.15) is 0 Å². The maximum atomic E-state index is 7.07. The Balaban J connectivity index is 5.96. The molecule has 0 unspecified atom stereocenters. The molecule has 0 rings (SSSR count). The van der Waals surface area contributed by atoms with Crippen molar-refractivity contribution in [2.24, 2.45) is 5.92 Å². The van der Waals surface area contributed by atoms with Crippen LogP contribution >= 0.6 is 0 Å². The fourth-order valence-electron chi connectivity index (χ4n) is 4.27. The summed E-state index contributed by atoms with van der Waals surface area (Å²) in [6, 6.07) is 0. The predicted octanol–water partition coefficient (Wildman–Crippen LogP) is 10.7. The molecule has 0 aliphatic carbocycles. The molecular weight excluding hydrogens is 511 g/mol. The molecule has 0 amide bonds. The van der Waals surface area contributed by atoms with Crippen molar-refractivity contribution >= 4 is 26.7 Å². The Kier molecular flexibility index (Phi) is 16.4. The Bertz CT molecular complexity index is 522. The maximum absolute atomic E-state index is 7.07. The van der Waals surface area contributed by atoms with E-state index in [0.29, 0.717) is 5.92 Å². The molecule has 0 aromatic heterocycles.